The Morgan fingerprint density at radius 1 is 0.946 bits per heavy atom. The summed E-state index contributed by atoms with van der Waals surface area (Å²) in [5, 5.41) is 22.5. The summed E-state index contributed by atoms with van der Waals surface area (Å²) in [5.74, 6) is -0.405. The summed E-state index contributed by atoms with van der Waals surface area (Å²) in [6.07, 6.45) is 2.18. The largest absolute Gasteiger partial charge is 0.573 e. The van der Waals surface area contributed by atoms with Crippen molar-refractivity contribution in [3.63, 3.8) is 0 Å². The van der Waals surface area contributed by atoms with Crippen LogP contribution in [0.2, 0.25) is 5.02 Å². The molecule has 0 amide bonds. The third kappa shape index (κ3) is 8.04. The lowest BCUT2D eigenvalue weighted by molar-refractivity contribution is -0.274. The van der Waals surface area contributed by atoms with Crippen LogP contribution in [-0.2, 0) is 11.3 Å². The van der Waals surface area contributed by atoms with Crippen LogP contribution in [0.3, 0.4) is 0 Å². The van der Waals surface area contributed by atoms with Gasteiger partial charge in [-0.2, -0.15) is 15.3 Å². The van der Waals surface area contributed by atoms with E-state index >= 15 is 0 Å². The molecule has 2 aromatic carbocycles. The Labute approximate surface area is 216 Å². The van der Waals surface area contributed by atoms with Gasteiger partial charge in [-0.3, -0.25) is 5.10 Å². The summed E-state index contributed by atoms with van der Waals surface area (Å²) >= 11 is 5.87. The molecule has 0 atom stereocenters. The number of aromatic nitrogens is 4. The molecule has 0 spiro atoms. The van der Waals surface area contributed by atoms with Crippen molar-refractivity contribution in [1.29, 1.82) is 0 Å². The minimum Gasteiger partial charge on any atom is -0.404 e. The van der Waals surface area contributed by atoms with Crippen LogP contribution >= 0.6 is 11.6 Å². The number of nitrogens with zero attached hydrogens (tertiary/aromatic N) is 3. The number of rotatable bonds is 13. The number of fused-ring (bicyclic) bond motifs is 1. The van der Waals surface area contributed by atoms with Gasteiger partial charge in [-0.05, 0) is 60.8 Å². The van der Waals surface area contributed by atoms with Crippen LogP contribution in [0.5, 0.6) is 5.75 Å². The summed E-state index contributed by atoms with van der Waals surface area (Å²) < 4.78 is 46.6. The molecule has 8 nitrogen and oxygen atoms in total. The van der Waals surface area contributed by atoms with E-state index in [1.165, 1.54) is 12.1 Å². The molecular formula is C25H26ClF3N6O2. The number of nitrogens with one attached hydrogen (secondary N) is 3. The Balaban J connectivity index is 1.12. The minimum atomic E-state index is -4.77. The highest BCUT2D eigenvalue weighted by atomic mass is 35.5. The van der Waals surface area contributed by atoms with Gasteiger partial charge in [0.25, 0.3) is 0 Å². The Kier molecular flexibility index (Phi) is 9.15. The highest BCUT2D eigenvalue weighted by Crippen LogP contribution is 2.31. The van der Waals surface area contributed by atoms with E-state index in [-0.39, 0.29) is 5.02 Å². The second kappa shape index (κ2) is 12.7. The van der Waals surface area contributed by atoms with Gasteiger partial charge in [0.15, 0.2) is 0 Å². The summed E-state index contributed by atoms with van der Waals surface area (Å²) in [4.78, 5) is 0. The van der Waals surface area contributed by atoms with E-state index in [0.29, 0.717) is 26.3 Å². The number of alkyl halides is 3. The number of ether oxygens (including phenoxy) is 2. The van der Waals surface area contributed by atoms with E-state index in [1.54, 1.807) is 24.7 Å². The number of halogens is 4. The fourth-order valence-corrected chi connectivity index (χ4v) is 3.98. The molecule has 0 saturated carbocycles. The predicted molar refractivity (Wildman–Crippen MR) is 136 cm³/mol. The van der Waals surface area contributed by atoms with Crippen LogP contribution in [0.1, 0.15) is 18.4 Å². The Bertz CT molecular complexity index is 1290. The van der Waals surface area contributed by atoms with E-state index in [2.05, 4.69) is 41.8 Å². The molecule has 4 aromatic rings. The summed E-state index contributed by atoms with van der Waals surface area (Å²) in [6.45, 7) is 3.07. The van der Waals surface area contributed by atoms with Crippen LogP contribution in [-0.4, -0.2) is 53.1 Å². The van der Waals surface area contributed by atoms with E-state index in [4.69, 9.17) is 16.3 Å². The average molecular weight is 535 g/mol. The van der Waals surface area contributed by atoms with Crippen LogP contribution < -0.4 is 15.4 Å². The molecule has 0 aliphatic rings. The number of hydrogen-bond acceptors (Lipinski definition) is 7. The van der Waals surface area contributed by atoms with Gasteiger partial charge in [0.05, 0.1) is 35.7 Å². The highest BCUT2D eigenvalue weighted by Gasteiger charge is 2.32. The molecule has 2 aromatic heterocycles. The van der Waals surface area contributed by atoms with Crippen molar-refractivity contribution in [2.45, 2.75) is 25.7 Å². The third-order valence-electron chi connectivity index (χ3n) is 5.48. The van der Waals surface area contributed by atoms with Gasteiger partial charge in [0.2, 0.25) is 0 Å². The molecule has 2 heterocycles. The first-order chi connectivity index (χ1) is 17.9. The molecule has 0 saturated heterocycles. The molecule has 37 heavy (non-hydrogen) atoms. The molecule has 12 heteroatoms. The third-order valence-corrected chi connectivity index (χ3v) is 5.78. The Morgan fingerprint density at radius 2 is 1.84 bits per heavy atom. The van der Waals surface area contributed by atoms with Gasteiger partial charge in [0.1, 0.15) is 5.75 Å². The molecule has 0 fully saturated rings. The van der Waals surface area contributed by atoms with E-state index in [1.807, 2.05) is 12.1 Å². The number of aromatic amines is 1. The predicted octanol–water partition coefficient (Wildman–Crippen LogP) is 5.57. The normalized spacial score (nSPS) is 11.7. The maximum absolute atomic E-state index is 12.3. The van der Waals surface area contributed by atoms with E-state index in [9.17, 15) is 13.2 Å². The first-order valence-corrected chi connectivity index (χ1v) is 12.1. The van der Waals surface area contributed by atoms with E-state index in [0.717, 1.165) is 52.7 Å². The minimum absolute atomic E-state index is 0.0757. The number of hydrogen-bond donors (Lipinski definition) is 3. The lowest BCUT2D eigenvalue weighted by Crippen LogP contribution is -2.18. The maximum Gasteiger partial charge on any atom is 0.573 e. The highest BCUT2D eigenvalue weighted by molar-refractivity contribution is 6.32. The molecule has 0 unspecified atom stereocenters. The van der Waals surface area contributed by atoms with Gasteiger partial charge in [-0.15, -0.1) is 13.2 Å². The second-order valence-electron chi connectivity index (χ2n) is 8.22. The van der Waals surface area contributed by atoms with Gasteiger partial charge >= 0.3 is 6.36 Å². The smallest absolute Gasteiger partial charge is 0.404 e. The first-order valence-electron chi connectivity index (χ1n) is 11.7. The van der Waals surface area contributed by atoms with Crippen molar-refractivity contribution in [2.24, 2.45) is 0 Å². The van der Waals surface area contributed by atoms with Gasteiger partial charge in [-0.1, -0.05) is 17.7 Å². The zero-order valence-electron chi connectivity index (χ0n) is 19.8. The van der Waals surface area contributed by atoms with Crippen molar-refractivity contribution in [1.82, 2.24) is 25.7 Å². The van der Waals surface area contributed by atoms with Crippen molar-refractivity contribution >= 4 is 28.2 Å². The number of anilines is 1. The van der Waals surface area contributed by atoms with Crippen molar-refractivity contribution < 1.29 is 22.6 Å². The van der Waals surface area contributed by atoms with E-state index < -0.39 is 12.1 Å². The summed E-state index contributed by atoms with van der Waals surface area (Å²) in [6, 6.07) is 10.2. The quantitative estimate of drug-likeness (QED) is 0.193. The fraction of sp³-hybridized carbons (Fsp3) is 0.320. The fourth-order valence-electron chi connectivity index (χ4n) is 3.73. The van der Waals surface area contributed by atoms with Crippen molar-refractivity contribution in [3.8, 4) is 16.9 Å². The standard InChI is InChI=1S/C25H26ClF3N6O2/c26-21-11-17(3-4-24(21)37-25(27,28)29)14-30-6-1-2-9-36-10-8-31-22-12-19(18-5-7-32-33-15-18)13-23-20(22)16-34-35-23/h3-5,7,11-13,15-16,30-31H,1-2,6,8-10,14H2,(H,34,35). The van der Waals surface area contributed by atoms with Crippen molar-refractivity contribution in [3.05, 3.63) is 65.6 Å². The molecule has 196 valence electrons. The molecule has 0 bridgehead atoms. The molecule has 3 N–H and O–H groups in total. The zero-order valence-corrected chi connectivity index (χ0v) is 20.6. The molecule has 0 aliphatic carbocycles. The summed E-state index contributed by atoms with van der Waals surface area (Å²) in [5.41, 5.74) is 4.64. The molecule has 0 radical (unpaired) electrons. The molecule has 4 rings (SSSR count). The Hall–Kier alpha value is -3.41. The lowest BCUT2D eigenvalue weighted by Gasteiger charge is -2.12. The zero-order chi connectivity index (χ0) is 26.1. The van der Waals surface area contributed by atoms with Gasteiger partial charge in [0, 0.05) is 36.3 Å². The Morgan fingerprint density at radius 3 is 2.62 bits per heavy atom. The number of H-pyrrole nitrogens is 1. The number of unbranched alkanes of at least 4 members (excludes halogenated alkanes) is 1. The van der Waals surface area contributed by atoms with Crippen LogP contribution in [0, 0.1) is 0 Å². The van der Waals surface area contributed by atoms with Gasteiger partial charge < -0.3 is 20.1 Å². The van der Waals surface area contributed by atoms with Gasteiger partial charge in [-0.25, -0.2) is 0 Å². The van der Waals surface area contributed by atoms with Crippen LogP contribution in [0.25, 0.3) is 22.0 Å². The lowest BCUT2D eigenvalue weighted by atomic mass is 10.1. The average Bonchev–Trinajstić information content (AvgIpc) is 3.35. The topological polar surface area (TPSA) is 97.0 Å². The molecule has 0 aliphatic heterocycles. The second-order valence-corrected chi connectivity index (χ2v) is 8.63. The maximum atomic E-state index is 12.3. The SMILES string of the molecule is FC(F)(F)Oc1ccc(CNCCCCOCCNc2cc(-c3ccnnc3)cc3[nH]ncc23)cc1Cl. The monoisotopic (exact) mass is 534 g/mol. The van der Waals surface area contributed by atoms with Crippen LogP contribution in [0.15, 0.2) is 55.0 Å². The molecular weight excluding hydrogens is 509 g/mol. The summed E-state index contributed by atoms with van der Waals surface area (Å²) in [7, 11) is 0. The van der Waals surface area contributed by atoms with Crippen molar-refractivity contribution in [2.75, 3.05) is 31.6 Å². The first kappa shape index (κ1) is 26.6. The van der Waals surface area contributed by atoms with Crippen LogP contribution in [0.4, 0.5) is 18.9 Å². The number of benzene rings is 2.